The highest BCUT2D eigenvalue weighted by atomic mass is 16.5. The van der Waals surface area contributed by atoms with Gasteiger partial charge in [0, 0.05) is 12.6 Å². The van der Waals surface area contributed by atoms with Crippen LogP contribution in [-0.4, -0.2) is 19.1 Å². The van der Waals surface area contributed by atoms with E-state index in [0.717, 1.165) is 37.3 Å². The van der Waals surface area contributed by atoms with Crippen LogP contribution >= 0.6 is 0 Å². The molecule has 0 heterocycles. The summed E-state index contributed by atoms with van der Waals surface area (Å²) in [5.41, 5.74) is 1.41. The molecule has 120 valence electrons. The number of rotatable bonds is 8. The minimum Gasteiger partial charge on any atom is -0.494 e. The molecule has 1 saturated carbocycles. The van der Waals surface area contributed by atoms with E-state index in [1.54, 1.807) is 6.08 Å². The van der Waals surface area contributed by atoms with Gasteiger partial charge in [0.1, 0.15) is 5.75 Å². The largest absolute Gasteiger partial charge is 0.494 e. The van der Waals surface area contributed by atoms with Crippen molar-refractivity contribution in [2.45, 2.75) is 40.0 Å². The predicted octanol–water partition coefficient (Wildman–Crippen LogP) is 4.04. The molecular formula is C19H27NO2. The van der Waals surface area contributed by atoms with Crippen molar-refractivity contribution in [1.29, 1.82) is 0 Å². The third-order valence-corrected chi connectivity index (χ3v) is 4.31. The normalized spacial score (nSPS) is 19.1. The fourth-order valence-electron chi connectivity index (χ4n) is 2.39. The van der Waals surface area contributed by atoms with E-state index in [1.807, 2.05) is 30.3 Å². The molecule has 22 heavy (non-hydrogen) atoms. The molecule has 0 spiro atoms. The van der Waals surface area contributed by atoms with Gasteiger partial charge < -0.3 is 10.1 Å². The monoisotopic (exact) mass is 301 g/mol. The Morgan fingerprint density at radius 1 is 1.36 bits per heavy atom. The van der Waals surface area contributed by atoms with E-state index in [9.17, 15) is 4.79 Å². The van der Waals surface area contributed by atoms with E-state index < -0.39 is 0 Å². The molecule has 0 aromatic heterocycles. The van der Waals surface area contributed by atoms with Gasteiger partial charge in [0.05, 0.1) is 6.61 Å². The van der Waals surface area contributed by atoms with Crippen molar-refractivity contribution in [3.05, 3.63) is 35.9 Å². The van der Waals surface area contributed by atoms with Gasteiger partial charge in [-0.1, -0.05) is 39.3 Å². The second-order valence-electron chi connectivity index (χ2n) is 6.74. The van der Waals surface area contributed by atoms with Gasteiger partial charge in [-0.2, -0.15) is 0 Å². The number of hydrogen-bond donors (Lipinski definition) is 1. The van der Waals surface area contributed by atoms with Crippen LogP contribution in [0.5, 0.6) is 5.75 Å². The maximum atomic E-state index is 11.8. The lowest BCUT2D eigenvalue weighted by atomic mass is 10.1. The molecule has 2 rings (SSSR count). The van der Waals surface area contributed by atoms with Gasteiger partial charge >= 0.3 is 0 Å². The van der Waals surface area contributed by atoms with Gasteiger partial charge in [-0.3, -0.25) is 4.79 Å². The van der Waals surface area contributed by atoms with Gasteiger partial charge in [-0.25, -0.2) is 0 Å². The molecule has 1 aliphatic carbocycles. The molecule has 1 fully saturated rings. The van der Waals surface area contributed by atoms with Gasteiger partial charge in [0.25, 0.3) is 0 Å². The smallest absolute Gasteiger partial charge is 0.244 e. The summed E-state index contributed by atoms with van der Waals surface area (Å²) in [4.78, 5) is 11.8. The van der Waals surface area contributed by atoms with Gasteiger partial charge in [0.2, 0.25) is 5.91 Å². The molecule has 1 amide bonds. The fraction of sp³-hybridized carbons (Fsp3) is 0.526. The summed E-state index contributed by atoms with van der Waals surface area (Å²) in [6.07, 6.45) is 6.84. The van der Waals surface area contributed by atoms with Crippen LogP contribution in [0, 0.1) is 11.3 Å². The summed E-state index contributed by atoms with van der Waals surface area (Å²) in [5.74, 6) is 1.49. The first-order valence-electron chi connectivity index (χ1n) is 8.20. The van der Waals surface area contributed by atoms with E-state index in [0.29, 0.717) is 11.3 Å². The molecule has 1 aliphatic rings. The average molecular weight is 301 g/mol. The molecule has 0 bridgehead atoms. The van der Waals surface area contributed by atoms with Crippen LogP contribution in [0.25, 0.3) is 6.08 Å². The first-order valence-corrected chi connectivity index (χ1v) is 8.20. The minimum atomic E-state index is -0.0222. The first kappa shape index (κ1) is 16.6. The fourth-order valence-corrected chi connectivity index (χ4v) is 2.39. The van der Waals surface area contributed by atoms with Crippen LogP contribution in [0.3, 0.4) is 0 Å². The molecule has 3 nitrogen and oxygen atoms in total. The number of ether oxygens (including phenoxy) is 1. The summed E-state index contributed by atoms with van der Waals surface area (Å²) >= 11 is 0. The molecule has 1 atom stereocenters. The standard InChI is InChI=1S/C19H27NO2/c1-4-5-12-22-17-9-6-15(7-10-17)8-11-18(21)20-14-16-13-19(16,2)3/h6-11,16H,4-5,12-14H2,1-3H3,(H,20,21)/t16-/m1/s1. The Morgan fingerprint density at radius 2 is 2.05 bits per heavy atom. The number of hydrogen-bond acceptors (Lipinski definition) is 2. The van der Waals surface area contributed by atoms with E-state index >= 15 is 0 Å². The van der Waals surface area contributed by atoms with Gasteiger partial charge in [-0.05, 0) is 47.9 Å². The quantitative estimate of drug-likeness (QED) is 0.581. The molecule has 1 N–H and O–H groups in total. The zero-order valence-electron chi connectivity index (χ0n) is 13.9. The van der Waals surface area contributed by atoms with E-state index in [1.165, 1.54) is 6.42 Å². The lowest BCUT2D eigenvalue weighted by Crippen LogP contribution is -2.24. The van der Waals surface area contributed by atoms with Crippen LogP contribution in [0.4, 0.5) is 0 Å². The Labute approximate surface area is 133 Å². The summed E-state index contributed by atoms with van der Waals surface area (Å²) in [6, 6.07) is 7.82. The van der Waals surface area contributed by atoms with Crippen molar-refractivity contribution in [2.24, 2.45) is 11.3 Å². The van der Waals surface area contributed by atoms with Crippen molar-refractivity contribution in [1.82, 2.24) is 5.32 Å². The Bertz CT molecular complexity index is 517. The minimum absolute atomic E-state index is 0.0222. The summed E-state index contributed by atoms with van der Waals surface area (Å²) < 4.78 is 5.61. The van der Waals surface area contributed by atoms with Crippen molar-refractivity contribution in [3.8, 4) is 5.75 Å². The number of nitrogens with one attached hydrogen (secondary N) is 1. The topological polar surface area (TPSA) is 38.3 Å². The Morgan fingerprint density at radius 3 is 2.64 bits per heavy atom. The van der Waals surface area contributed by atoms with Crippen molar-refractivity contribution >= 4 is 12.0 Å². The number of benzene rings is 1. The zero-order valence-corrected chi connectivity index (χ0v) is 13.9. The highest BCUT2D eigenvalue weighted by Crippen LogP contribution is 2.50. The van der Waals surface area contributed by atoms with Crippen LogP contribution < -0.4 is 10.1 Å². The lowest BCUT2D eigenvalue weighted by molar-refractivity contribution is -0.116. The lowest BCUT2D eigenvalue weighted by Gasteiger charge is -2.05. The second kappa shape index (κ2) is 7.48. The second-order valence-corrected chi connectivity index (χ2v) is 6.74. The zero-order chi connectivity index (χ0) is 16.0. The maximum absolute atomic E-state index is 11.8. The van der Waals surface area contributed by atoms with Crippen LogP contribution in [0.2, 0.25) is 0 Å². The molecule has 0 radical (unpaired) electrons. The van der Waals surface area contributed by atoms with E-state index in [2.05, 4.69) is 26.1 Å². The number of amides is 1. The highest BCUT2D eigenvalue weighted by molar-refractivity contribution is 5.91. The first-order chi connectivity index (χ1) is 10.5. The van der Waals surface area contributed by atoms with Gasteiger partial charge in [0.15, 0.2) is 0 Å². The number of carbonyl (C=O) groups is 1. The van der Waals surface area contributed by atoms with Crippen molar-refractivity contribution < 1.29 is 9.53 Å². The summed E-state index contributed by atoms with van der Waals surface area (Å²) in [6.45, 7) is 8.16. The average Bonchev–Trinajstić information content (AvgIpc) is 3.12. The summed E-state index contributed by atoms with van der Waals surface area (Å²) in [7, 11) is 0. The number of carbonyl (C=O) groups excluding carboxylic acids is 1. The molecule has 1 aromatic rings. The Hall–Kier alpha value is -1.77. The molecule has 3 heteroatoms. The molecule has 0 saturated heterocycles. The number of unbranched alkanes of at least 4 members (excludes halogenated alkanes) is 1. The van der Waals surface area contributed by atoms with Gasteiger partial charge in [-0.15, -0.1) is 0 Å². The Balaban J connectivity index is 1.73. The molecular weight excluding hydrogens is 274 g/mol. The SMILES string of the molecule is CCCCOc1ccc(C=CC(=O)NC[C@H]2CC2(C)C)cc1. The third kappa shape index (κ3) is 5.21. The van der Waals surface area contributed by atoms with Crippen LogP contribution in [0.15, 0.2) is 30.3 Å². The van der Waals surface area contributed by atoms with Crippen molar-refractivity contribution in [2.75, 3.05) is 13.2 Å². The highest BCUT2D eigenvalue weighted by Gasteiger charge is 2.45. The Kier molecular flexibility index (Phi) is 5.64. The van der Waals surface area contributed by atoms with Crippen LogP contribution in [-0.2, 0) is 4.79 Å². The predicted molar refractivity (Wildman–Crippen MR) is 90.8 cm³/mol. The van der Waals surface area contributed by atoms with E-state index in [4.69, 9.17) is 4.74 Å². The molecule has 1 aromatic carbocycles. The molecule has 0 aliphatic heterocycles. The third-order valence-electron chi connectivity index (χ3n) is 4.31. The van der Waals surface area contributed by atoms with E-state index in [-0.39, 0.29) is 5.91 Å². The molecule has 0 unspecified atom stereocenters. The maximum Gasteiger partial charge on any atom is 0.244 e. The van der Waals surface area contributed by atoms with Crippen molar-refractivity contribution in [3.63, 3.8) is 0 Å². The summed E-state index contributed by atoms with van der Waals surface area (Å²) in [5, 5.41) is 2.97. The van der Waals surface area contributed by atoms with Crippen LogP contribution in [0.1, 0.15) is 45.6 Å².